The van der Waals surface area contributed by atoms with Gasteiger partial charge in [0.2, 0.25) is 0 Å². The highest BCUT2D eigenvalue weighted by atomic mass is 16.6. The topological polar surface area (TPSA) is 46.6 Å². The molecule has 1 heterocycles. The lowest BCUT2D eigenvalue weighted by Crippen LogP contribution is -2.31. The van der Waals surface area contributed by atoms with Crippen LogP contribution < -0.4 is 14.7 Å². The first kappa shape index (κ1) is 24.3. The van der Waals surface area contributed by atoms with Crippen molar-refractivity contribution in [3.05, 3.63) is 48.5 Å². The van der Waals surface area contributed by atoms with Crippen LogP contribution in [0.4, 0.5) is 22.7 Å². The van der Waals surface area contributed by atoms with Crippen molar-refractivity contribution in [1.29, 1.82) is 0 Å². The molecular formula is C25H37N3O4. The van der Waals surface area contributed by atoms with Gasteiger partial charge in [-0.2, -0.15) is 0 Å². The second kappa shape index (κ2) is 13.3. The zero-order chi connectivity index (χ0) is 22.6. The molecule has 0 N–H and O–H groups in total. The fraction of sp³-hybridized carbons (Fsp3) is 0.520. The summed E-state index contributed by atoms with van der Waals surface area (Å²) in [6, 6.07) is 17.2. The Morgan fingerprint density at radius 2 is 0.906 bits per heavy atom. The normalized spacial score (nSPS) is 17.3. The number of hydrogen-bond donors (Lipinski definition) is 0. The Kier molecular flexibility index (Phi) is 10.1. The second-order valence-corrected chi connectivity index (χ2v) is 7.92. The minimum atomic E-state index is 0.593. The Labute approximate surface area is 192 Å². The van der Waals surface area contributed by atoms with Crippen molar-refractivity contribution in [2.75, 3.05) is 102 Å². The third-order valence-electron chi connectivity index (χ3n) is 5.48. The third-order valence-corrected chi connectivity index (χ3v) is 5.48. The molecule has 2 aromatic carbocycles. The lowest BCUT2D eigenvalue weighted by atomic mass is 10.2. The summed E-state index contributed by atoms with van der Waals surface area (Å²) in [4.78, 5) is 6.60. The molecule has 1 fully saturated rings. The van der Waals surface area contributed by atoms with Crippen molar-refractivity contribution >= 4 is 22.7 Å². The van der Waals surface area contributed by atoms with Crippen LogP contribution in [0.5, 0.6) is 0 Å². The van der Waals surface area contributed by atoms with Crippen LogP contribution >= 0.6 is 0 Å². The number of hydrogen-bond acceptors (Lipinski definition) is 7. The largest absolute Gasteiger partial charge is 0.378 e. The molecule has 0 spiro atoms. The Bertz CT molecular complexity index is 752. The quantitative estimate of drug-likeness (QED) is 0.718. The molecule has 0 saturated carbocycles. The predicted octanol–water partition coefficient (Wildman–Crippen LogP) is 3.41. The van der Waals surface area contributed by atoms with Crippen LogP contribution in [0.15, 0.2) is 48.5 Å². The molecule has 0 unspecified atom stereocenters. The average Bonchev–Trinajstić information content (AvgIpc) is 2.83. The van der Waals surface area contributed by atoms with E-state index in [1.807, 2.05) is 0 Å². The van der Waals surface area contributed by atoms with Crippen LogP contribution in [0.3, 0.4) is 0 Å². The molecule has 0 radical (unpaired) electrons. The minimum Gasteiger partial charge on any atom is -0.378 e. The van der Waals surface area contributed by atoms with Gasteiger partial charge in [-0.1, -0.05) is 0 Å². The van der Waals surface area contributed by atoms with E-state index in [-0.39, 0.29) is 0 Å². The molecule has 0 amide bonds. The van der Waals surface area contributed by atoms with Gasteiger partial charge in [-0.15, -0.1) is 0 Å². The van der Waals surface area contributed by atoms with Crippen molar-refractivity contribution in [2.24, 2.45) is 0 Å². The van der Waals surface area contributed by atoms with E-state index in [4.69, 9.17) is 18.9 Å². The van der Waals surface area contributed by atoms with Crippen LogP contribution in [0, 0.1) is 0 Å². The molecule has 0 aliphatic carbocycles. The van der Waals surface area contributed by atoms with Crippen LogP contribution in [-0.2, 0) is 18.9 Å². The molecule has 0 bridgehead atoms. The first-order valence-corrected chi connectivity index (χ1v) is 11.3. The zero-order valence-electron chi connectivity index (χ0n) is 19.7. The first-order chi connectivity index (χ1) is 15.6. The molecule has 1 aliphatic heterocycles. The smallest absolute Gasteiger partial charge is 0.0701 e. The molecule has 7 nitrogen and oxygen atoms in total. The van der Waals surface area contributed by atoms with Crippen molar-refractivity contribution in [3.63, 3.8) is 0 Å². The minimum absolute atomic E-state index is 0.593. The molecular weight excluding hydrogens is 406 g/mol. The van der Waals surface area contributed by atoms with Crippen molar-refractivity contribution in [3.8, 4) is 0 Å². The van der Waals surface area contributed by atoms with Crippen LogP contribution in [0.2, 0.25) is 0 Å². The molecule has 2 aromatic rings. The number of rotatable bonds is 4. The Morgan fingerprint density at radius 3 is 1.34 bits per heavy atom. The fourth-order valence-electron chi connectivity index (χ4n) is 3.49. The number of nitrogens with zero attached hydrogens (tertiary/aromatic N) is 3. The van der Waals surface area contributed by atoms with Gasteiger partial charge in [-0.3, -0.25) is 0 Å². The van der Waals surface area contributed by atoms with Gasteiger partial charge >= 0.3 is 0 Å². The van der Waals surface area contributed by atoms with E-state index in [9.17, 15) is 0 Å². The summed E-state index contributed by atoms with van der Waals surface area (Å²) in [5.74, 6) is 0. The van der Waals surface area contributed by atoms with Crippen molar-refractivity contribution in [2.45, 2.75) is 0 Å². The standard InChI is InChI=1S/C25H37N3O4/c1-26(2)22-4-6-23(7-5-22)27(3)24-8-10-25(11-9-24)28-12-14-29-16-18-31-20-21-32-19-17-30-15-13-28/h4-11H,12-21H2,1-3H3. The van der Waals surface area contributed by atoms with Gasteiger partial charge in [0.25, 0.3) is 0 Å². The zero-order valence-corrected chi connectivity index (χ0v) is 19.7. The van der Waals surface area contributed by atoms with E-state index >= 15 is 0 Å². The predicted molar refractivity (Wildman–Crippen MR) is 131 cm³/mol. The lowest BCUT2D eigenvalue weighted by Gasteiger charge is -2.26. The summed E-state index contributed by atoms with van der Waals surface area (Å²) in [5.41, 5.74) is 4.65. The maximum Gasteiger partial charge on any atom is 0.0701 e. The van der Waals surface area contributed by atoms with E-state index < -0.39 is 0 Å². The van der Waals surface area contributed by atoms with E-state index in [2.05, 4.69) is 84.4 Å². The summed E-state index contributed by atoms with van der Waals surface area (Å²) < 4.78 is 22.5. The number of benzene rings is 2. The summed E-state index contributed by atoms with van der Waals surface area (Å²) in [5, 5.41) is 0. The second-order valence-electron chi connectivity index (χ2n) is 7.92. The molecule has 32 heavy (non-hydrogen) atoms. The number of anilines is 4. The molecule has 0 atom stereocenters. The van der Waals surface area contributed by atoms with Gasteiger partial charge in [0, 0.05) is 57.0 Å². The fourth-order valence-corrected chi connectivity index (χ4v) is 3.49. The van der Waals surface area contributed by atoms with Crippen molar-refractivity contribution in [1.82, 2.24) is 0 Å². The SMILES string of the molecule is CN(C)c1ccc(N(C)c2ccc(N3CCOCCOCCOCCOCC3)cc2)cc1. The third kappa shape index (κ3) is 7.67. The molecule has 3 rings (SSSR count). The lowest BCUT2D eigenvalue weighted by molar-refractivity contribution is 0.00206. The van der Waals surface area contributed by atoms with E-state index in [1.54, 1.807) is 0 Å². The summed E-state index contributed by atoms with van der Waals surface area (Å²) in [7, 11) is 6.20. The van der Waals surface area contributed by atoms with Gasteiger partial charge in [-0.25, -0.2) is 0 Å². The van der Waals surface area contributed by atoms with E-state index in [1.165, 1.54) is 5.69 Å². The molecule has 1 aliphatic rings. The van der Waals surface area contributed by atoms with Gasteiger partial charge < -0.3 is 33.6 Å². The van der Waals surface area contributed by atoms with Crippen molar-refractivity contribution < 1.29 is 18.9 Å². The molecule has 1 saturated heterocycles. The number of ether oxygens (including phenoxy) is 4. The van der Waals surface area contributed by atoms with E-state index in [0.717, 1.165) is 30.2 Å². The highest BCUT2D eigenvalue weighted by Crippen LogP contribution is 2.27. The van der Waals surface area contributed by atoms with Crippen LogP contribution in [-0.4, -0.2) is 87.1 Å². The molecule has 7 heteroatoms. The van der Waals surface area contributed by atoms with Gasteiger partial charge in [0.05, 0.1) is 52.9 Å². The highest BCUT2D eigenvalue weighted by Gasteiger charge is 2.10. The monoisotopic (exact) mass is 443 g/mol. The maximum absolute atomic E-state index is 5.75. The van der Waals surface area contributed by atoms with Gasteiger partial charge in [0.15, 0.2) is 0 Å². The summed E-state index contributed by atoms with van der Waals surface area (Å²) in [6.07, 6.45) is 0. The summed E-state index contributed by atoms with van der Waals surface area (Å²) >= 11 is 0. The summed E-state index contributed by atoms with van der Waals surface area (Å²) in [6.45, 7) is 6.49. The Balaban J connectivity index is 1.61. The molecule has 0 aromatic heterocycles. The van der Waals surface area contributed by atoms with Crippen LogP contribution in [0.1, 0.15) is 0 Å². The Morgan fingerprint density at radius 1 is 0.531 bits per heavy atom. The van der Waals surface area contributed by atoms with Gasteiger partial charge in [0.1, 0.15) is 0 Å². The van der Waals surface area contributed by atoms with Gasteiger partial charge in [-0.05, 0) is 48.5 Å². The average molecular weight is 444 g/mol. The Hall–Kier alpha value is -2.32. The highest BCUT2D eigenvalue weighted by molar-refractivity contribution is 5.67. The maximum atomic E-state index is 5.75. The molecule has 176 valence electrons. The van der Waals surface area contributed by atoms with Crippen LogP contribution in [0.25, 0.3) is 0 Å². The van der Waals surface area contributed by atoms with E-state index in [0.29, 0.717) is 52.9 Å². The first-order valence-electron chi connectivity index (χ1n) is 11.3.